The van der Waals surface area contributed by atoms with Crippen molar-refractivity contribution in [1.29, 1.82) is 0 Å². The van der Waals surface area contributed by atoms with Crippen LogP contribution in [0.15, 0.2) is 27.7 Å². The monoisotopic (exact) mass is 520 g/mol. The Morgan fingerprint density at radius 1 is 1.30 bits per heavy atom. The molecule has 8 heteroatoms. The van der Waals surface area contributed by atoms with Gasteiger partial charge in [0, 0.05) is 31.4 Å². The minimum absolute atomic E-state index is 0.0328. The van der Waals surface area contributed by atoms with Crippen molar-refractivity contribution in [2.45, 2.75) is 65.2 Å². The highest BCUT2D eigenvalue weighted by molar-refractivity contribution is 7.19. The maximum Gasteiger partial charge on any atom is 0.217 e. The van der Waals surface area contributed by atoms with Crippen molar-refractivity contribution in [1.82, 2.24) is 14.2 Å². The fraction of sp³-hybridized carbons (Fsp3) is 0.552. The molecule has 5 rings (SSSR count). The second kappa shape index (κ2) is 11.4. The van der Waals surface area contributed by atoms with Crippen LogP contribution in [0.2, 0.25) is 0 Å². The Morgan fingerprint density at radius 3 is 2.86 bits per heavy atom. The molecule has 7 nitrogen and oxygen atoms in total. The molecule has 0 radical (unpaired) electrons. The van der Waals surface area contributed by atoms with Gasteiger partial charge in [-0.3, -0.25) is 19.1 Å². The first-order chi connectivity index (χ1) is 18.0. The molecule has 0 aromatic carbocycles. The normalized spacial score (nSPS) is 19.5. The molecular formula is C29H40N6OS. The zero-order valence-corrected chi connectivity index (χ0v) is 23.4. The molecule has 1 aliphatic carbocycles. The molecule has 0 spiro atoms. The molecule has 1 atom stereocenters. The SMILES string of the molecule is CCCN(CCCC(C)C)C1N=Cc2c(n3c4c(sc3c(NC3CCN(C)CC3)c2=O)C=CC=C=C4)N1. The van der Waals surface area contributed by atoms with E-state index in [9.17, 15) is 4.79 Å². The van der Waals surface area contributed by atoms with Gasteiger partial charge in [-0.1, -0.05) is 26.8 Å². The predicted molar refractivity (Wildman–Crippen MR) is 158 cm³/mol. The topological polar surface area (TPSA) is 64.4 Å². The van der Waals surface area contributed by atoms with Gasteiger partial charge < -0.3 is 15.5 Å². The number of thiazole rings is 1. The number of nitrogens with zero attached hydrogens (tertiary/aromatic N) is 4. The summed E-state index contributed by atoms with van der Waals surface area (Å²) in [6, 6.07) is 0.292. The molecule has 2 aromatic rings. The average molecular weight is 521 g/mol. The van der Waals surface area contributed by atoms with Crippen molar-refractivity contribution in [2.24, 2.45) is 10.9 Å². The number of anilines is 2. The maximum atomic E-state index is 13.9. The number of hydrogen-bond donors (Lipinski definition) is 2. The van der Waals surface area contributed by atoms with Crippen LogP contribution in [-0.4, -0.2) is 66.0 Å². The number of aromatic nitrogens is 1. The van der Waals surface area contributed by atoms with Crippen LogP contribution in [0.3, 0.4) is 0 Å². The molecule has 1 unspecified atom stereocenters. The molecule has 2 aliphatic heterocycles. The van der Waals surface area contributed by atoms with E-state index in [1.807, 2.05) is 24.4 Å². The van der Waals surface area contributed by atoms with Crippen LogP contribution in [0.4, 0.5) is 11.5 Å². The van der Waals surface area contributed by atoms with E-state index in [1.54, 1.807) is 11.3 Å². The predicted octanol–water partition coefficient (Wildman–Crippen LogP) is 5.34. The lowest BCUT2D eigenvalue weighted by atomic mass is 10.0. The van der Waals surface area contributed by atoms with E-state index in [0.29, 0.717) is 23.2 Å². The Morgan fingerprint density at radius 2 is 2.11 bits per heavy atom. The van der Waals surface area contributed by atoms with Gasteiger partial charge in [-0.15, -0.1) is 17.1 Å². The summed E-state index contributed by atoms with van der Waals surface area (Å²) in [5, 5.41) is 7.34. The molecule has 37 heavy (non-hydrogen) atoms. The van der Waals surface area contributed by atoms with E-state index in [-0.39, 0.29) is 11.7 Å². The Balaban J connectivity index is 1.56. The second-order valence-electron chi connectivity index (χ2n) is 10.9. The standard InChI is InChI=1S/C29H40N6OS/c1-5-15-34(16-9-10-20(2)3)29-30-19-22-26(36)25(31-21-13-17-33(4)18-14-21)28-35(27(22)32-29)23-11-7-6-8-12-24(23)37-28/h6,8,11-12,19-21,29,31-32H,5,9-10,13-18H2,1-4H3. The summed E-state index contributed by atoms with van der Waals surface area (Å²) in [7, 11) is 2.16. The zero-order chi connectivity index (χ0) is 25.9. The van der Waals surface area contributed by atoms with Gasteiger partial charge in [0.15, 0.2) is 6.29 Å². The summed E-state index contributed by atoms with van der Waals surface area (Å²) in [6.07, 6.45) is 15.2. The number of pyridine rings is 1. The van der Waals surface area contributed by atoms with Crippen LogP contribution in [-0.2, 0) is 0 Å². The number of likely N-dealkylation sites (tertiary alicyclic amines) is 1. The minimum Gasteiger partial charge on any atom is -0.377 e. The summed E-state index contributed by atoms with van der Waals surface area (Å²) in [5.74, 6) is 1.53. The number of aliphatic imine (C=N–C) groups is 1. The summed E-state index contributed by atoms with van der Waals surface area (Å²) < 4.78 is 2.22. The molecule has 0 bridgehead atoms. The van der Waals surface area contributed by atoms with Crippen molar-refractivity contribution >= 4 is 46.0 Å². The highest BCUT2D eigenvalue weighted by Gasteiger charge is 2.29. The highest BCUT2D eigenvalue weighted by atomic mass is 32.1. The van der Waals surface area contributed by atoms with Crippen LogP contribution < -0.4 is 16.1 Å². The van der Waals surface area contributed by atoms with Gasteiger partial charge in [-0.05, 0) is 70.3 Å². The van der Waals surface area contributed by atoms with E-state index in [0.717, 1.165) is 73.1 Å². The lowest BCUT2D eigenvalue weighted by Gasteiger charge is -2.33. The van der Waals surface area contributed by atoms with Gasteiger partial charge in [-0.25, -0.2) is 0 Å². The average Bonchev–Trinajstić information content (AvgIpc) is 3.09. The smallest absolute Gasteiger partial charge is 0.217 e. The molecule has 4 heterocycles. The summed E-state index contributed by atoms with van der Waals surface area (Å²) >= 11 is 1.67. The maximum absolute atomic E-state index is 13.9. The van der Waals surface area contributed by atoms with E-state index >= 15 is 0 Å². The van der Waals surface area contributed by atoms with Crippen LogP contribution in [0.25, 0.3) is 17.0 Å². The third-order valence-electron chi connectivity index (χ3n) is 7.49. The van der Waals surface area contributed by atoms with E-state index in [1.165, 1.54) is 6.42 Å². The first-order valence-electron chi connectivity index (χ1n) is 13.8. The first kappa shape index (κ1) is 26.0. The Kier molecular flexibility index (Phi) is 8.01. The molecule has 1 fully saturated rings. The summed E-state index contributed by atoms with van der Waals surface area (Å²) in [6.45, 7) is 10.8. The van der Waals surface area contributed by atoms with Crippen molar-refractivity contribution in [3.63, 3.8) is 0 Å². The molecule has 198 valence electrons. The van der Waals surface area contributed by atoms with Crippen molar-refractivity contribution < 1.29 is 0 Å². The summed E-state index contributed by atoms with van der Waals surface area (Å²) in [5.41, 5.74) is 5.69. The molecule has 1 saturated heterocycles. The first-order valence-corrected chi connectivity index (χ1v) is 14.6. The fourth-order valence-electron chi connectivity index (χ4n) is 5.42. The van der Waals surface area contributed by atoms with Crippen LogP contribution in [0.5, 0.6) is 0 Å². The van der Waals surface area contributed by atoms with Gasteiger partial charge in [0.25, 0.3) is 0 Å². The van der Waals surface area contributed by atoms with Crippen molar-refractivity contribution in [3.05, 3.63) is 44.2 Å². The third kappa shape index (κ3) is 5.48. The van der Waals surface area contributed by atoms with Crippen molar-refractivity contribution in [3.8, 4) is 0 Å². The Hall–Kier alpha value is -2.64. The van der Waals surface area contributed by atoms with E-state index in [2.05, 4.69) is 64.5 Å². The fourth-order valence-corrected chi connectivity index (χ4v) is 6.57. The molecule has 2 N–H and O–H groups in total. The Bertz CT molecular complexity index is 1300. The third-order valence-corrected chi connectivity index (χ3v) is 8.63. The number of piperidine rings is 1. The van der Waals surface area contributed by atoms with Crippen molar-refractivity contribution in [2.75, 3.05) is 43.9 Å². The second-order valence-corrected chi connectivity index (χ2v) is 11.9. The molecule has 0 amide bonds. The largest absolute Gasteiger partial charge is 0.377 e. The summed E-state index contributed by atoms with van der Waals surface area (Å²) in [4.78, 5) is 25.6. The number of nitrogens with one attached hydrogen (secondary N) is 2. The number of hydrogen-bond acceptors (Lipinski definition) is 7. The van der Waals surface area contributed by atoms with Gasteiger partial charge in [-0.2, -0.15) is 0 Å². The van der Waals surface area contributed by atoms with Gasteiger partial charge >= 0.3 is 0 Å². The minimum atomic E-state index is -0.182. The van der Waals surface area contributed by atoms with Crippen LogP contribution in [0, 0.1) is 5.92 Å². The number of allylic oxidation sites excluding steroid dienone is 2. The quantitative estimate of drug-likeness (QED) is 0.437. The Labute approximate surface area is 224 Å². The lowest BCUT2D eigenvalue weighted by Crippen LogP contribution is -2.44. The molecular weight excluding hydrogens is 480 g/mol. The highest BCUT2D eigenvalue weighted by Crippen LogP contribution is 2.36. The van der Waals surface area contributed by atoms with Gasteiger partial charge in [0.1, 0.15) is 16.3 Å². The van der Waals surface area contributed by atoms with Gasteiger partial charge in [0.2, 0.25) is 5.43 Å². The van der Waals surface area contributed by atoms with Crippen LogP contribution >= 0.6 is 11.3 Å². The lowest BCUT2D eigenvalue weighted by molar-refractivity contribution is 0.212. The molecule has 2 aromatic heterocycles. The van der Waals surface area contributed by atoms with E-state index in [4.69, 9.17) is 4.99 Å². The number of rotatable bonds is 9. The zero-order valence-electron chi connectivity index (χ0n) is 22.6. The number of fused-ring (bicyclic) bond motifs is 5. The molecule has 0 saturated carbocycles. The van der Waals surface area contributed by atoms with Gasteiger partial charge in [0.05, 0.1) is 16.1 Å². The van der Waals surface area contributed by atoms with E-state index < -0.39 is 0 Å². The molecule has 3 aliphatic rings. The van der Waals surface area contributed by atoms with Crippen LogP contribution in [0.1, 0.15) is 69.0 Å².